The van der Waals surface area contributed by atoms with Crippen molar-refractivity contribution in [2.24, 2.45) is 20.0 Å². The van der Waals surface area contributed by atoms with Crippen molar-refractivity contribution in [3.05, 3.63) is 227 Å². The van der Waals surface area contributed by atoms with Crippen LogP contribution in [0, 0.1) is 0 Å². The Morgan fingerprint density at radius 2 is 0.661 bits per heavy atom. The quantitative estimate of drug-likeness (QED) is 0.131. The minimum Gasteiger partial charge on any atom is -0.872 e. The number of hydrogen-bond donors (Lipinski definition) is 0. The van der Waals surface area contributed by atoms with Crippen LogP contribution in [0.25, 0.3) is 43.8 Å². The predicted octanol–water partition coefficient (Wildman–Crippen LogP) is 10.1. The van der Waals surface area contributed by atoms with Crippen molar-refractivity contribution in [1.82, 2.24) is 0 Å². The van der Waals surface area contributed by atoms with Gasteiger partial charge in [-0.25, -0.2) is 20.0 Å². The number of benzene rings is 6. The number of rotatable bonds is 4. The van der Waals surface area contributed by atoms with Gasteiger partial charge in [0.15, 0.2) is 0 Å². The molecule has 59 heavy (non-hydrogen) atoms. The van der Waals surface area contributed by atoms with E-state index in [9.17, 15) is 10.2 Å². The van der Waals surface area contributed by atoms with Gasteiger partial charge in [0, 0.05) is 22.3 Å². The van der Waals surface area contributed by atoms with Crippen LogP contribution in [0.15, 0.2) is 225 Å². The molecule has 6 aromatic carbocycles. The van der Waals surface area contributed by atoms with Gasteiger partial charge in [-0.1, -0.05) is 133 Å². The average molecular weight is 808 g/mol. The number of nitrogens with zero attached hydrogens (tertiary/aromatic N) is 4. The first-order valence-corrected chi connectivity index (χ1v) is 19.1. The van der Waals surface area contributed by atoms with Crippen LogP contribution >= 0.6 is 0 Å². The maximum absolute atomic E-state index is 14.2. The van der Waals surface area contributed by atoms with E-state index in [4.69, 9.17) is 20.0 Å². The molecule has 5 heterocycles. The summed E-state index contributed by atoms with van der Waals surface area (Å²) in [6.45, 7) is 0. The van der Waals surface area contributed by atoms with Gasteiger partial charge in [0.05, 0.1) is 45.6 Å². The Labute approximate surface area is 353 Å². The van der Waals surface area contributed by atoms with E-state index in [1.807, 2.05) is 121 Å². The van der Waals surface area contributed by atoms with E-state index in [0.717, 1.165) is 61.6 Å². The molecule has 0 amide bonds. The third kappa shape index (κ3) is 5.98. The molecule has 8 bridgehead atoms. The molecular formula is C52H30N4O2Zn. The van der Waals surface area contributed by atoms with Gasteiger partial charge in [0.1, 0.15) is 0 Å². The van der Waals surface area contributed by atoms with Crippen LogP contribution in [0.3, 0.4) is 0 Å². The summed E-state index contributed by atoms with van der Waals surface area (Å²) in [7, 11) is 0. The van der Waals surface area contributed by atoms with Gasteiger partial charge < -0.3 is 10.2 Å². The molecule has 11 rings (SSSR count). The van der Waals surface area contributed by atoms with Crippen molar-refractivity contribution in [2.45, 2.75) is 0 Å². The van der Waals surface area contributed by atoms with Crippen LogP contribution in [0.4, 0.5) is 0 Å². The third-order valence-corrected chi connectivity index (χ3v) is 11.0. The van der Waals surface area contributed by atoms with Gasteiger partial charge in [-0.3, -0.25) is 0 Å². The van der Waals surface area contributed by atoms with E-state index in [1.165, 1.54) is 0 Å². The van der Waals surface area contributed by atoms with E-state index in [1.54, 1.807) is 12.1 Å². The molecule has 6 nitrogen and oxygen atoms in total. The van der Waals surface area contributed by atoms with E-state index in [-0.39, 0.29) is 19.5 Å². The molecule has 0 saturated carbocycles. The fourth-order valence-electron chi connectivity index (χ4n) is 8.45. The van der Waals surface area contributed by atoms with Crippen LogP contribution in [0.5, 0.6) is 11.5 Å². The first-order chi connectivity index (χ1) is 28.6. The number of aliphatic imine (C=N–C) groups is 4. The number of hydrogen-bond acceptors (Lipinski definition) is 6. The van der Waals surface area contributed by atoms with Crippen LogP contribution in [-0.2, 0) is 19.5 Å². The van der Waals surface area contributed by atoms with Gasteiger partial charge in [-0.05, 0) is 92.4 Å². The molecule has 7 heteroatoms. The Bertz CT molecular complexity index is 3150. The summed E-state index contributed by atoms with van der Waals surface area (Å²) in [5.41, 5.74) is 12.6. The van der Waals surface area contributed by atoms with Crippen LogP contribution in [0.2, 0.25) is 0 Å². The second kappa shape index (κ2) is 14.6. The first-order valence-electron chi connectivity index (χ1n) is 19.1. The monoisotopic (exact) mass is 806 g/mol. The molecular weight excluding hydrogens is 778 g/mol. The zero-order valence-corrected chi connectivity index (χ0v) is 34.6. The fraction of sp³-hybridized carbons (Fsp3) is 0. The molecule has 0 spiro atoms. The van der Waals surface area contributed by atoms with Gasteiger partial charge in [-0.15, -0.1) is 11.5 Å². The van der Waals surface area contributed by atoms with Crippen molar-refractivity contribution in [1.29, 1.82) is 0 Å². The molecule has 0 fully saturated rings. The minimum absolute atomic E-state index is 0. The molecule has 0 N–H and O–H groups in total. The zero-order valence-electron chi connectivity index (χ0n) is 31.6. The van der Waals surface area contributed by atoms with Gasteiger partial charge in [0.2, 0.25) is 0 Å². The van der Waals surface area contributed by atoms with E-state index < -0.39 is 11.5 Å². The third-order valence-electron chi connectivity index (χ3n) is 11.0. The van der Waals surface area contributed by atoms with Crippen LogP contribution in [-0.4, -0.2) is 22.8 Å². The van der Waals surface area contributed by atoms with E-state index >= 15 is 0 Å². The van der Waals surface area contributed by atoms with Gasteiger partial charge in [0.25, 0.3) is 0 Å². The van der Waals surface area contributed by atoms with E-state index in [0.29, 0.717) is 50.1 Å². The maximum Gasteiger partial charge on any atom is 2.00 e. The average Bonchev–Trinajstić information content (AvgIpc) is 4.12. The molecule has 0 unspecified atom stereocenters. The summed E-state index contributed by atoms with van der Waals surface area (Å²) in [5, 5.41) is 30.1. The fourth-order valence-corrected chi connectivity index (χ4v) is 8.45. The standard InChI is InChI=1S/C52H32N4O2.Zn/c57-51-36-20-11-10-19-34(36)35-21-12-22-37(49(35)52(51)58)50-44-29-27-42(55-44)47(32-15-6-2-7-16-32)40-25-23-38(53-40)46(31-13-4-1-5-14-31)39-24-26-41(54-39)48(33-17-8-3-9-18-33)43-28-30-45(50)56-43;/h1-30,57-58H;/q;+2/p-2. The first kappa shape index (κ1) is 36.0. The van der Waals surface area contributed by atoms with Gasteiger partial charge in [-0.2, -0.15) is 0 Å². The van der Waals surface area contributed by atoms with E-state index in [2.05, 4.69) is 48.6 Å². The van der Waals surface area contributed by atoms with Crippen molar-refractivity contribution in [2.75, 3.05) is 0 Å². The molecule has 0 aliphatic carbocycles. The molecule has 0 aromatic heterocycles. The molecule has 6 aromatic rings. The SMILES string of the molecule is [O-]c1c([O-])c2c(C3=C4C=CC(=N4)C(c4ccccc4)=C4C=CC(=N4)C(c4ccccc4)=C4C=CC(=N4)C(c4ccccc4)=C4C=CC3=N4)cccc2c2ccccc12.[Zn+2]. The topological polar surface area (TPSA) is 95.6 Å². The molecule has 0 radical (unpaired) electrons. The molecule has 272 valence electrons. The number of allylic oxidation sites excluding steroid dienone is 12. The summed E-state index contributed by atoms with van der Waals surface area (Å²) in [4.78, 5) is 21.3. The molecule has 5 aliphatic rings. The molecule has 5 aliphatic heterocycles. The van der Waals surface area contributed by atoms with Crippen molar-refractivity contribution >= 4 is 66.7 Å². The number of fused-ring (bicyclic) bond motifs is 7. The zero-order chi connectivity index (χ0) is 38.7. The molecule has 0 saturated heterocycles. The Balaban J connectivity index is 0.00000420. The summed E-state index contributed by atoms with van der Waals surface area (Å²) >= 11 is 0. The summed E-state index contributed by atoms with van der Waals surface area (Å²) in [6.07, 6.45) is 16.1. The molecule has 0 atom stereocenters. The van der Waals surface area contributed by atoms with Crippen molar-refractivity contribution in [3.8, 4) is 11.5 Å². The largest absolute Gasteiger partial charge is 2.00 e. The van der Waals surface area contributed by atoms with Gasteiger partial charge >= 0.3 is 19.5 Å². The second-order valence-electron chi connectivity index (χ2n) is 14.4. The maximum atomic E-state index is 14.2. The summed E-state index contributed by atoms with van der Waals surface area (Å²) in [5.74, 6) is -1.08. The van der Waals surface area contributed by atoms with Crippen LogP contribution < -0.4 is 10.2 Å². The summed E-state index contributed by atoms with van der Waals surface area (Å²) in [6, 6.07) is 43.6. The second-order valence-corrected chi connectivity index (χ2v) is 14.4. The van der Waals surface area contributed by atoms with Crippen molar-refractivity contribution in [3.63, 3.8) is 0 Å². The van der Waals surface area contributed by atoms with Crippen molar-refractivity contribution < 1.29 is 29.7 Å². The smallest absolute Gasteiger partial charge is 0.872 e. The minimum atomic E-state index is -0.553. The Morgan fingerprint density at radius 1 is 0.305 bits per heavy atom. The Morgan fingerprint density at radius 3 is 1.10 bits per heavy atom. The summed E-state index contributed by atoms with van der Waals surface area (Å²) < 4.78 is 0. The van der Waals surface area contributed by atoms with Crippen LogP contribution in [0.1, 0.15) is 22.3 Å². The Hall–Kier alpha value is -7.34. The predicted molar refractivity (Wildman–Crippen MR) is 234 cm³/mol. The Kier molecular flexibility index (Phi) is 8.89. The normalized spacial score (nSPS) is 16.7.